The van der Waals surface area contributed by atoms with Crippen molar-refractivity contribution in [3.63, 3.8) is 0 Å². The number of carbonyl (C=O) groups is 1. The number of amides is 1. The van der Waals surface area contributed by atoms with Gasteiger partial charge in [0, 0.05) is 0 Å². The van der Waals surface area contributed by atoms with Gasteiger partial charge in [-0.25, -0.2) is 4.98 Å². The van der Waals surface area contributed by atoms with E-state index < -0.39 is 0 Å². The van der Waals surface area contributed by atoms with Crippen molar-refractivity contribution < 1.29 is 9.90 Å². The van der Waals surface area contributed by atoms with E-state index in [9.17, 15) is 14.7 Å². The lowest BCUT2D eigenvalue weighted by atomic mass is 10.1. The number of aliphatic hydroxyl groups is 1. The zero-order chi connectivity index (χ0) is 14.9. The van der Waals surface area contributed by atoms with Crippen molar-refractivity contribution in [2.75, 3.05) is 6.61 Å². The summed E-state index contributed by atoms with van der Waals surface area (Å²) < 4.78 is 0. The lowest BCUT2D eigenvalue weighted by molar-refractivity contribution is 0.0900. The zero-order valence-corrected chi connectivity index (χ0v) is 12.4. The summed E-state index contributed by atoms with van der Waals surface area (Å²) in [4.78, 5) is 31.6. The molecule has 2 rings (SSSR count). The molecule has 1 amide bonds. The third kappa shape index (κ3) is 2.59. The molecule has 3 N–H and O–H groups in total. The summed E-state index contributed by atoms with van der Waals surface area (Å²) in [6.07, 6.45) is 1.33. The standard InChI is InChI=1S/C13H17N3O3S/c1-6(2)8(4-17)16-12(19)10-7(3)9-11(18)14-5-15-13(9)20-10/h5-6,8,17H,4H2,1-3H3,(H,16,19)(H,14,15,18). The van der Waals surface area contributed by atoms with Crippen LogP contribution in [0.15, 0.2) is 11.1 Å². The van der Waals surface area contributed by atoms with Crippen molar-refractivity contribution in [1.82, 2.24) is 15.3 Å². The van der Waals surface area contributed by atoms with Crippen LogP contribution in [0.5, 0.6) is 0 Å². The first-order valence-electron chi connectivity index (χ1n) is 6.34. The Labute approximate surface area is 119 Å². The minimum absolute atomic E-state index is 0.119. The van der Waals surface area contributed by atoms with E-state index in [0.717, 1.165) is 0 Å². The highest BCUT2D eigenvalue weighted by atomic mass is 32.1. The van der Waals surface area contributed by atoms with Gasteiger partial charge in [-0.05, 0) is 18.4 Å². The number of fused-ring (bicyclic) bond motifs is 1. The molecule has 0 saturated heterocycles. The number of nitrogens with one attached hydrogen (secondary N) is 2. The molecule has 7 heteroatoms. The Hall–Kier alpha value is -1.73. The number of hydrogen-bond acceptors (Lipinski definition) is 5. The summed E-state index contributed by atoms with van der Waals surface area (Å²) in [7, 11) is 0. The van der Waals surface area contributed by atoms with Crippen molar-refractivity contribution >= 4 is 27.5 Å². The summed E-state index contributed by atoms with van der Waals surface area (Å²) in [5.41, 5.74) is 0.377. The van der Waals surface area contributed by atoms with E-state index >= 15 is 0 Å². The van der Waals surface area contributed by atoms with Gasteiger partial charge in [-0.2, -0.15) is 0 Å². The Morgan fingerprint density at radius 3 is 2.80 bits per heavy atom. The van der Waals surface area contributed by atoms with Crippen LogP contribution >= 0.6 is 11.3 Å². The lowest BCUT2D eigenvalue weighted by Crippen LogP contribution is -2.41. The largest absolute Gasteiger partial charge is 0.394 e. The second kappa shape index (κ2) is 5.72. The van der Waals surface area contributed by atoms with Gasteiger partial charge in [0.1, 0.15) is 4.83 Å². The molecule has 20 heavy (non-hydrogen) atoms. The number of carbonyl (C=O) groups excluding carboxylic acids is 1. The van der Waals surface area contributed by atoms with Crippen molar-refractivity contribution in [2.24, 2.45) is 5.92 Å². The van der Waals surface area contributed by atoms with Crippen molar-refractivity contribution in [3.8, 4) is 0 Å². The number of nitrogens with zero attached hydrogens (tertiary/aromatic N) is 1. The SMILES string of the molecule is Cc1c(C(=O)NC(CO)C(C)C)sc2nc[nH]c(=O)c12. The minimum atomic E-state index is -0.307. The average Bonchev–Trinajstić information content (AvgIpc) is 2.74. The zero-order valence-electron chi connectivity index (χ0n) is 11.6. The van der Waals surface area contributed by atoms with Gasteiger partial charge in [0.2, 0.25) is 0 Å². The predicted octanol–water partition coefficient (Wildman–Crippen LogP) is 1.04. The van der Waals surface area contributed by atoms with Gasteiger partial charge in [0.05, 0.1) is 29.2 Å². The van der Waals surface area contributed by atoms with E-state index in [-0.39, 0.29) is 30.0 Å². The lowest BCUT2D eigenvalue weighted by Gasteiger charge is -2.19. The molecule has 1 atom stereocenters. The quantitative estimate of drug-likeness (QED) is 0.785. The predicted molar refractivity (Wildman–Crippen MR) is 78.2 cm³/mol. The second-order valence-electron chi connectivity index (χ2n) is 4.97. The Morgan fingerprint density at radius 2 is 2.25 bits per heavy atom. The van der Waals surface area contributed by atoms with E-state index in [0.29, 0.717) is 20.7 Å². The fraction of sp³-hybridized carbons (Fsp3) is 0.462. The summed E-state index contributed by atoms with van der Waals surface area (Å²) in [6, 6.07) is -0.307. The van der Waals surface area contributed by atoms with Gasteiger partial charge < -0.3 is 15.4 Å². The van der Waals surface area contributed by atoms with Gasteiger partial charge in [-0.3, -0.25) is 9.59 Å². The summed E-state index contributed by atoms with van der Waals surface area (Å²) in [6.45, 7) is 5.45. The van der Waals surface area contributed by atoms with Crippen molar-refractivity contribution in [3.05, 3.63) is 27.1 Å². The number of aryl methyl sites for hydroxylation is 1. The molecule has 0 spiro atoms. The number of aromatic nitrogens is 2. The molecule has 0 aliphatic rings. The molecule has 0 fully saturated rings. The van der Waals surface area contributed by atoms with E-state index in [1.54, 1.807) is 6.92 Å². The molecule has 108 valence electrons. The van der Waals surface area contributed by atoms with Crippen molar-refractivity contribution in [1.29, 1.82) is 0 Å². The maximum absolute atomic E-state index is 12.3. The third-order valence-corrected chi connectivity index (χ3v) is 4.46. The molecular weight excluding hydrogens is 278 g/mol. The number of thiophene rings is 1. The van der Waals surface area contributed by atoms with E-state index in [2.05, 4.69) is 15.3 Å². The van der Waals surface area contributed by atoms with Crippen LogP contribution in [0.4, 0.5) is 0 Å². The van der Waals surface area contributed by atoms with Crippen molar-refractivity contribution in [2.45, 2.75) is 26.8 Å². The van der Waals surface area contributed by atoms with Crippen LogP contribution in [-0.4, -0.2) is 33.6 Å². The minimum Gasteiger partial charge on any atom is -0.394 e. The molecule has 0 aliphatic carbocycles. The molecule has 2 aromatic rings. The first-order valence-corrected chi connectivity index (χ1v) is 7.15. The van der Waals surface area contributed by atoms with Gasteiger partial charge in [-0.15, -0.1) is 11.3 Å². The van der Waals surface area contributed by atoms with Gasteiger partial charge in [0.15, 0.2) is 0 Å². The third-order valence-electron chi connectivity index (χ3n) is 3.26. The van der Waals surface area contributed by atoms with Crippen LogP contribution in [0.25, 0.3) is 10.2 Å². The maximum atomic E-state index is 12.3. The van der Waals surface area contributed by atoms with Crippen LogP contribution in [0.1, 0.15) is 29.1 Å². The molecule has 0 aliphatic heterocycles. The van der Waals surface area contributed by atoms with Gasteiger partial charge >= 0.3 is 0 Å². The molecule has 2 heterocycles. The summed E-state index contributed by atoms with van der Waals surface area (Å²) >= 11 is 1.19. The molecule has 0 radical (unpaired) electrons. The highest BCUT2D eigenvalue weighted by molar-refractivity contribution is 7.20. The van der Waals surface area contributed by atoms with E-state index in [1.807, 2.05) is 13.8 Å². The Balaban J connectivity index is 2.38. The van der Waals surface area contributed by atoms with Crippen LogP contribution in [0, 0.1) is 12.8 Å². The van der Waals surface area contributed by atoms with E-state index in [1.165, 1.54) is 17.7 Å². The van der Waals surface area contributed by atoms with Crippen LogP contribution < -0.4 is 10.9 Å². The Bertz CT molecular complexity index is 690. The number of H-pyrrole nitrogens is 1. The highest BCUT2D eigenvalue weighted by Gasteiger charge is 2.21. The topological polar surface area (TPSA) is 95.1 Å². The van der Waals surface area contributed by atoms with Crippen LogP contribution in [0.3, 0.4) is 0 Å². The molecule has 2 aromatic heterocycles. The number of rotatable bonds is 4. The molecule has 6 nitrogen and oxygen atoms in total. The van der Waals surface area contributed by atoms with Gasteiger partial charge in [-0.1, -0.05) is 13.8 Å². The molecular formula is C13H17N3O3S. The Morgan fingerprint density at radius 1 is 1.55 bits per heavy atom. The summed E-state index contributed by atoms with van der Waals surface area (Å²) in [5.74, 6) is -0.155. The van der Waals surface area contributed by atoms with Crippen LogP contribution in [-0.2, 0) is 0 Å². The maximum Gasteiger partial charge on any atom is 0.262 e. The molecule has 1 unspecified atom stereocenters. The first kappa shape index (κ1) is 14.7. The average molecular weight is 295 g/mol. The summed E-state index contributed by atoms with van der Waals surface area (Å²) in [5, 5.41) is 12.5. The molecule has 0 bridgehead atoms. The smallest absolute Gasteiger partial charge is 0.262 e. The first-order chi connectivity index (χ1) is 9.45. The number of aromatic amines is 1. The van der Waals surface area contributed by atoms with Crippen LogP contribution in [0.2, 0.25) is 0 Å². The van der Waals surface area contributed by atoms with E-state index in [4.69, 9.17) is 0 Å². The monoisotopic (exact) mass is 295 g/mol. The molecule has 0 saturated carbocycles. The number of aliphatic hydroxyl groups excluding tert-OH is 1. The van der Waals surface area contributed by atoms with Gasteiger partial charge in [0.25, 0.3) is 11.5 Å². The number of hydrogen-bond donors (Lipinski definition) is 3. The molecule has 0 aromatic carbocycles. The second-order valence-corrected chi connectivity index (χ2v) is 5.97. The highest BCUT2D eigenvalue weighted by Crippen LogP contribution is 2.26. The Kier molecular flexibility index (Phi) is 4.20. The fourth-order valence-electron chi connectivity index (χ4n) is 1.95. The normalized spacial score (nSPS) is 12.8. The fourth-order valence-corrected chi connectivity index (χ4v) is 3.01.